The summed E-state index contributed by atoms with van der Waals surface area (Å²) in [6.07, 6.45) is 0.513. The van der Waals surface area contributed by atoms with Crippen molar-refractivity contribution in [3.05, 3.63) is 0 Å². The molecule has 1 heterocycles. The smallest absolute Gasteiger partial charge is 0.155 e. The highest BCUT2D eigenvalue weighted by molar-refractivity contribution is 7.92. The van der Waals surface area contributed by atoms with Gasteiger partial charge in [-0.2, -0.15) is 0 Å². The van der Waals surface area contributed by atoms with Crippen LogP contribution in [0.5, 0.6) is 0 Å². The molecule has 0 aromatic carbocycles. The van der Waals surface area contributed by atoms with Crippen LogP contribution in [-0.2, 0) is 19.3 Å². The average Bonchev–Trinajstić information content (AvgIpc) is 2.64. The van der Waals surface area contributed by atoms with Gasteiger partial charge in [0.05, 0.1) is 50.1 Å². The van der Waals surface area contributed by atoms with Crippen LogP contribution in [0.3, 0.4) is 0 Å². The molecule has 1 aliphatic heterocycles. The van der Waals surface area contributed by atoms with E-state index in [1.807, 2.05) is 0 Å². The highest BCUT2D eigenvalue weighted by Gasteiger charge is 2.37. The summed E-state index contributed by atoms with van der Waals surface area (Å²) in [4.78, 5) is 0. The molecule has 1 aliphatic rings. The van der Waals surface area contributed by atoms with E-state index in [-0.39, 0.29) is 38.8 Å². The van der Waals surface area contributed by atoms with Gasteiger partial charge in [-0.1, -0.05) is 0 Å². The standard InChI is InChI=1S/C10H20O6S/c11-3-4-15-5-6-16-9(8-12)10-2-1-7-17(10,13)14/h9-12H,1-8H2. The van der Waals surface area contributed by atoms with Crippen LogP contribution in [0.25, 0.3) is 0 Å². The summed E-state index contributed by atoms with van der Waals surface area (Å²) >= 11 is 0. The minimum atomic E-state index is -3.11. The van der Waals surface area contributed by atoms with E-state index in [1.54, 1.807) is 0 Å². The molecular weight excluding hydrogens is 248 g/mol. The van der Waals surface area contributed by atoms with Gasteiger partial charge in [0.1, 0.15) is 0 Å². The lowest BCUT2D eigenvalue weighted by atomic mass is 10.2. The molecule has 1 rings (SSSR count). The Bertz CT molecular complexity index is 302. The molecule has 0 saturated carbocycles. The quantitative estimate of drug-likeness (QED) is 0.546. The van der Waals surface area contributed by atoms with E-state index in [1.165, 1.54) is 0 Å². The van der Waals surface area contributed by atoms with E-state index >= 15 is 0 Å². The molecule has 2 N–H and O–H groups in total. The molecule has 0 radical (unpaired) electrons. The van der Waals surface area contributed by atoms with Crippen LogP contribution in [0, 0.1) is 0 Å². The van der Waals surface area contributed by atoms with Crippen LogP contribution in [0.1, 0.15) is 12.8 Å². The van der Waals surface area contributed by atoms with Crippen LogP contribution in [-0.4, -0.2) is 68.8 Å². The van der Waals surface area contributed by atoms with Gasteiger partial charge in [-0.3, -0.25) is 0 Å². The Kier molecular flexibility index (Phi) is 6.35. The van der Waals surface area contributed by atoms with Crippen molar-refractivity contribution in [1.29, 1.82) is 0 Å². The second kappa shape index (κ2) is 7.27. The normalized spacial score (nSPS) is 24.9. The Morgan fingerprint density at radius 1 is 1.24 bits per heavy atom. The predicted molar refractivity (Wildman–Crippen MR) is 61.5 cm³/mol. The fourth-order valence-electron chi connectivity index (χ4n) is 1.94. The second-order valence-corrected chi connectivity index (χ2v) is 6.31. The Hall–Kier alpha value is -0.210. The molecule has 0 aliphatic carbocycles. The average molecular weight is 268 g/mol. The molecule has 0 aromatic heterocycles. The summed E-state index contributed by atoms with van der Waals surface area (Å²) in [5, 5.41) is 17.0. The van der Waals surface area contributed by atoms with Crippen molar-refractivity contribution < 1.29 is 28.1 Å². The Morgan fingerprint density at radius 3 is 2.53 bits per heavy atom. The summed E-state index contributed by atoms with van der Waals surface area (Å²) in [6.45, 7) is 0.375. The van der Waals surface area contributed by atoms with Gasteiger partial charge in [-0.15, -0.1) is 0 Å². The van der Waals surface area contributed by atoms with E-state index < -0.39 is 21.2 Å². The molecule has 7 heteroatoms. The lowest BCUT2D eigenvalue weighted by Crippen LogP contribution is -2.36. The van der Waals surface area contributed by atoms with Gasteiger partial charge >= 0.3 is 0 Å². The van der Waals surface area contributed by atoms with Crippen molar-refractivity contribution in [3.8, 4) is 0 Å². The van der Waals surface area contributed by atoms with E-state index in [0.29, 0.717) is 12.8 Å². The Balaban J connectivity index is 2.33. The minimum Gasteiger partial charge on any atom is -0.394 e. The molecule has 17 heavy (non-hydrogen) atoms. The zero-order valence-electron chi connectivity index (χ0n) is 9.75. The van der Waals surface area contributed by atoms with E-state index in [2.05, 4.69) is 0 Å². The zero-order chi connectivity index (χ0) is 12.7. The molecule has 1 fully saturated rings. The molecule has 1 saturated heterocycles. The fourth-order valence-corrected chi connectivity index (χ4v) is 3.96. The summed E-state index contributed by atoms with van der Waals surface area (Å²) in [5.41, 5.74) is 0. The summed E-state index contributed by atoms with van der Waals surface area (Å²) in [6, 6.07) is 0. The van der Waals surface area contributed by atoms with Gasteiger partial charge in [0.15, 0.2) is 9.84 Å². The lowest BCUT2D eigenvalue weighted by molar-refractivity contribution is -0.0247. The van der Waals surface area contributed by atoms with Crippen molar-refractivity contribution in [3.63, 3.8) is 0 Å². The monoisotopic (exact) mass is 268 g/mol. The molecule has 2 unspecified atom stereocenters. The zero-order valence-corrected chi connectivity index (χ0v) is 10.6. The number of aliphatic hydroxyl groups is 2. The number of sulfone groups is 1. The third-order valence-corrected chi connectivity index (χ3v) is 5.09. The molecular formula is C10H20O6S. The molecule has 0 bridgehead atoms. The van der Waals surface area contributed by atoms with Crippen LogP contribution >= 0.6 is 0 Å². The van der Waals surface area contributed by atoms with E-state index in [9.17, 15) is 8.42 Å². The van der Waals surface area contributed by atoms with Crippen LogP contribution in [0.15, 0.2) is 0 Å². The Morgan fingerprint density at radius 2 is 2.00 bits per heavy atom. The maximum atomic E-state index is 11.6. The van der Waals surface area contributed by atoms with Crippen molar-refractivity contribution in [2.75, 3.05) is 38.8 Å². The molecule has 0 aromatic rings. The van der Waals surface area contributed by atoms with E-state index in [4.69, 9.17) is 19.7 Å². The first-order chi connectivity index (χ1) is 8.11. The molecule has 6 nitrogen and oxygen atoms in total. The first kappa shape index (κ1) is 14.8. The lowest BCUT2D eigenvalue weighted by Gasteiger charge is -2.21. The first-order valence-electron chi connectivity index (χ1n) is 5.74. The Labute approximate surface area is 101 Å². The maximum absolute atomic E-state index is 11.6. The number of rotatable bonds is 8. The SMILES string of the molecule is O=S1(=O)CCCC1C(CO)OCCOCCO. The second-order valence-electron chi connectivity index (χ2n) is 3.98. The fraction of sp³-hybridized carbons (Fsp3) is 1.00. The van der Waals surface area contributed by atoms with Gasteiger partial charge in [-0.05, 0) is 12.8 Å². The maximum Gasteiger partial charge on any atom is 0.155 e. The van der Waals surface area contributed by atoms with Crippen LogP contribution in [0.4, 0.5) is 0 Å². The topological polar surface area (TPSA) is 93.1 Å². The summed E-state index contributed by atoms with van der Waals surface area (Å²) < 4.78 is 33.6. The van der Waals surface area contributed by atoms with Gasteiger partial charge < -0.3 is 19.7 Å². The largest absolute Gasteiger partial charge is 0.394 e. The minimum absolute atomic E-state index is 0.0551. The van der Waals surface area contributed by atoms with E-state index in [0.717, 1.165) is 0 Å². The van der Waals surface area contributed by atoms with Crippen LogP contribution in [0.2, 0.25) is 0 Å². The number of hydrogen-bond donors (Lipinski definition) is 2. The summed E-state index contributed by atoms with van der Waals surface area (Å²) in [7, 11) is -3.11. The van der Waals surface area contributed by atoms with Crippen molar-refractivity contribution in [1.82, 2.24) is 0 Å². The van der Waals surface area contributed by atoms with Gasteiger partial charge in [0, 0.05) is 0 Å². The predicted octanol–water partition coefficient (Wildman–Crippen LogP) is -1.05. The number of hydrogen-bond acceptors (Lipinski definition) is 6. The van der Waals surface area contributed by atoms with Crippen molar-refractivity contribution >= 4 is 9.84 Å². The summed E-state index contributed by atoms with van der Waals surface area (Å²) in [5.74, 6) is 0.179. The molecule has 0 amide bonds. The third kappa shape index (κ3) is 4.51. The highest BCUT2D eigenvalue weighted by atomic mass is 32.2. The van der Waals surface area contributed by atoms with Crippen molar-refractivity contribution in [2.24, 2.45) is 0 Å². The van der Waals surface area contributed by atoms with Gasteiger partial charge in [0.25, 0.3) is 0 Å². The molecule has 102 valence electrons. The number of aliphatic hydroxyl groups excluding tert-OH is 2. The van der Waals surface area contributed by atoms with Gasteiger partial charge in [0.2, 0.25) is 0 Å². The van der Waals surface area contributed by atoms with Gasteiger partial charge in [-0.25, -0.2) is 8.42 Å². The number of ether oxygens (including phenoxy) is 2. The van der Waals surface area contributed by atoms with Crippen molar-refractivity contribution in [2.45, 2.75) is 24.2 Å². The highest BCUT2D eigenvalue weighted by Crippen LogP contribution is 2.24. The third-order valence-electron chi connectivity index (χ3n) is 2.77. The molecule has 0 spiro atoms. The molecule has 2 atom stereocenters. The van der Waals surface area contributed by atoms with Crippen LogP contribution < -0.4 is 0 Å². The first-order valence-corrected chi connectivity index (χ1v) is 7.46.